The fourth-order valence-electron chi connectivity index (χ4n) is 1.24. The smallest absolute Gasteiger partial charge is 0.346 e. The molecule has 0 aromatic rings. The van der Waals surface area contributed by atoms with Gasteiger partial charge in [-0.3, -0.25) is 4.90 Å². The van der Waals surface area contributed by atoms with Gasteiger partial charge in [0.05, 0.1) is 13.2 Å². The van der Waals surface area contributed by atoms with Crippen LogP contribution in [0.5, 0.6) is 0 Å². The van der Waals surface area contributed by atoms with E-state index in [1.54, 1.807) is 7.11 Å². The molecule has 1 aliphatic heterocycles. The zero-order valence-electron chi connectivity index (χ0n) is 7.75. The average Bonchev–Trinajstić information content (AvgIpc) is 2.06. The first kappa shape index (κ1) is 10.1. The number of ether oxygens (including phenoxy) is 1. The topological polar surface area (TPSA) is 41.9 Å². The number of nitrogens with zero attached hydrogens (tertiary/aromatic N) is 1. The van der Waals surface area contributed by atoms with Crippen molar-refractivity contribution in [1.82, 2.24) is 4.90 Å². The summed E-state index contributed by atoms with van der Waals surface area (Å²) >= 11 is 0. The van der Waals surface area contributed by atoms with E-state index in [4.69, 9.17) is 9.16 Å². The van der Waals surface area contributed by atoms with E-state index in [0.717, 1.165) is 26.3 Å². The summed E-state index contributed by atoms with van der Waals surface area (Å²) in [6.07, 6.45) is 0.687. The van der Waals surface area contributed by atoms with Gasteiger partial charge in [0.2, 0.25) is 0 Å². The molecule has 0 spiro atoms. The lowest BCUT2D eigenvalue weighted by Crippen LogP contribution is -2.50. The Morgan fingerprint density at radius 1 is 1.50 bits per heavy atom. The van der Waals surface area contributed by atoms with Crippen LogP contribution in [0.15, 0.2) is 0 Å². The van der Waals surface area contributed by atoms with Crippen LogP contribution >= 0.6 is 0 Å². The van der Waals surface area contributed by atoms with Crippen LogP contribution in [0.2, 0.25) is 6.55 Å². The summed E-state index contributed by atoms with van der Waals surface area (Å²) < 4.78 is 10.3. The van der Waals surface area contributed by atoms with Crippen molar-refractivity contribution in [3.8, 4) is 0 Å². The Balaban J connectivity index is 2.28. The molecule has 1 heterocycles. The van der Waals surface area contributed by atoms with E-state index in [0.29, 0.717) is 6.17 Å². The third kappa shape index (κ3) is 3.20. The second-order valence-electron chi connectivity index (χ2n) is 3.27. The lowest BCUT2D eigenvalue weighted by atomic mass is 10.5. The third-order valence-corrected chi connectivity index (χ3v) is 3.97. The van der Waals surface area contributed by atoms with Gasteiger partial charge in [0, 0.05) is 26.4 Å². The number of hydrogen-bond acceptors (Lipinski definition) is 4. The lowest BCUT2D eigenvalue weighted by molar-refractivity contribution is 0.0411. The van der Waals surface area contributed by atoms with E-state index in [1.807, 2.05) is 6.55 Å². The highest BCUT2D eigenvalue weighted by molar-refractivity contribution is 6.64. The number of hydrogen-bond donors (Lipinski definition) is 1. The Morgan fingerprint density at radius 3 is 2.58 bits per heavy atom. The monoisotopic (exact) mass is 191 g/mol. The molecule has 72 valence electrons. The van der Waals surface area contributed by atoms with E-state index < -0.39 is 8.56 Å². The maximum Gasteiger partial charge on any atom is 0.346 e. The Bertz CT molecular complexity index is 137. The molecule has 0 amide bonds. The van der Waals surface area contributed by atoms with E-state index in [2.05, 4.69) is 4.90 Å². The highest BCUT2D eigenvalue weighted by Crippen LogP contribution is 2.04. The summed E-state index contributed by atoms with van der Waals surface area (Å²) in [4.78, 5) is 11.9. The van der Waals surface area contributed by atoms with Crippen LogP contribution in [0.4, 0.5) is 0 Å². The minimum absolute atomic E-state index is 0.687. The van der Waals surface area contributed by atoms with E-state index in [1.165, 1.54) is 0 Å². The highest BCUT2D eigenvalue weighted by atomic mass is 28.4. The van der Waals surface area contributed by atoms with E-state index in [9.17, 15) is 4.80 Å². The lowest BCUT2D eigenvalue weighted by Gasteiger charge is -2.30. The van der Waals surface area contributed by atoms with Crippen LogP contribution in [-0.2, 0) is 9.16 Å². The first-order chi connectivity index (χ1) is 5.64. The van der Waals surface area contributed by atoms with Crippen LogP contribution < -0.4 is 0 Å². The Labute approximate surface area is 74.3 Å². The second-order valence-corrected chi connectivity index (χ2v) is 6.34. The molecule has 0 radical (unpaired) electrons. The molecule has 1 fully saturated rings. The van der Waals surface area contributed by atoms with E-state index >= 15 is 0 Å². The van der Waals surface area contributed by atoms with Crippen molar-refractivity contribution in [1.29, 1.82) is 0 Å². The number of morpholine rings is 1. The zero-order valence-corrected chi connectivity index (χ0v) is 8.75. The van der Waals surface area contributed by atoms with Crippen molar-refractivity contribution in [2.45, 2.75) is 6.55 Å². The van der Waals surface area contributed by atoms with Crippen LogP contribution in [-0.4, -0.2) is 57.8 Å². The highest BCUT2D eigenvalue weighted by Gasteiger charge is 2.29. The summed E-state index contributed by atoms with van der Waals surface area (Å²) in [5.74, 6) is 0. The number of rotatable bonds is 3. The first-order valence-electron chi connectivity index (χ1n) is 4.22. The van der Waals surface area contributed by atoms with Crippen molar-refractivity contribution < 1.29 is 14.0 Å². The Morgan fingerprint density at radius 2 is 2.08 bits per heavy atom. The first-order valence-corrected chi connectivity index (χ1v) is 6.78. The fourth-order valence-corrected chi connectivity index (χ4v) is 2.51. The summed E-state index contributed by atoms with van der Waals surface area (Å²) in [5, 5.41) is 0. The van der Waals surface area contributed by atoms with Gasteiger partial charge in [-0.1, -0.05) is 0 Å². The molecule has 1 unspecified atom stereocenters. The van der Waals surface area contributed by atoms with E-state index in [-0.39, 0.29) is 0 Å². The maximum atomic E-state index is 9.71. The fraction of sp³-hybridized carbons (Fsp3) is 1.00. The average molecular weight is 191 g/mol. The predicted octanol–water partition coefficient (Wildman–Crippen LogP) is -0.431. The molecule has 0 saturated carbocycles. The Hall–Kier alpha value is 0.0569. The van der Waals surface area contributed by atoms with Crippen molar-refractivity contribution in [3.05, 3.63) is 0 Å². The van der Waals surface area contributed by atoms with Crippen LogP contribution in [0.1, 0.15) is 0 Å². The SMILES string of the molecule is CO[Si](C)(O)CN1CCOCC1. The molecular weight excluding hydrogens is 174 g/mol. The van der Waals surface area contributed by atoms with Gasteiger partial charge in [0.25, 0.3) is 0 Å². The molecule has 1 atom stereocenters. The second kappa shape index (κ2) is 4.34. The standard InChI is InChI=1S/C7H17NO3Si/c1-10-12(2,9)7-8-3-5-11-6-4-8/h9H,3-7H2,1-2H3. The van der Waals surface area contributed by atoms with Crippen LogP contribution in [0.3, 0.4) is 0 Å². The van der Waals surface area contributed by atoms with Gasteiger partial charge < -0.3 is 14.0 Å². The maximum absolute atomic E-state index is 9.71. The molecule has 1 saturated heterocycles. The van der Waals surface area contributed by atoms with Gasteiger partial charge in [0.1, 0.15) is 0 Å². The summed E-state index contributed by atoms with van der Waals surface area (Å²) in [6.45, 7) is 5.17. The molecule has 1 N–H and O–H groups in total. The molecule has 12 heavy (non-hydrogen) atoms. The Kier molecular flexibility index (Phi) is 3.67. The van der Waals surface area contributed by atoms with Crippen LogP contribution in [0.25, 0.3) is 0 Å². The molecule has 0 bridgehead atoms. The minimum atomic E-state index is -2.39. The van der Waals surface area contributed by atoms with Crippen molar-refractivity contribution >= 4 is 8.56 Å². The van der Waals surface area contributed by atoms with Crippen molar-refractivity contribution in [2.24, 2.45) is 0 Å². The molecule has 5 heteroatoms. The summed E-state index contributed by atoms with van der Waals surface area (Å²) in [5.41, 5.74) is 0. The zero-order chi connectivity index (χ0) is 9.03. The third-order valence-electron chi connectivity index (χ3n) is 2.06. The van der Waals surface area contributed by atoms with Gasteiger partial charge >= 0.3 is 8.56 Å². The van der Waals surface area contributed by atoms with Crippen LogP contribution in [0, 0.1) is 0 Å². The molecular formula is C7H17NO3Si. The molecule has 0 aliphatic carbocycles. The van der Waals surface area contributed by atoms with Gasteiger partial charge in [-0.15, -0.1) is 0 Å². The van der Waals surface area contributed by atoms with Gasteiger partial charge in [-0.2, -0.15) is 0 Å². The normalized spacial score (nSPS) is 25.2. The minimum Gasteiger partial charge on any atom is -0.410 e. The quantitative estimate of drug-likeness (QED) is 0.615. The molecule has 1 aliphatic rings. The van der Waals surface area contributed by atoms with Gasteiger partial charge in [-0.25, -0.2) is 0 Å². The molecule has 4 nitrogen and oxygen atoms in total. The molecule has 0 aromatic carbocycles. The van der Waals surface area contributed by atoms with Gasteiger partial charge in [-0.05, 0) is 6.55 Å². The largest absolute Gasteiger partial charge is 0.410 e. The summed E-state index contributed by atoms with van der Waals surface area (Å²) in [6, 6.07) is 0. The predicted molar refractivity (Wildman–Crippen MR) is 48.1 cm³/mol. The molecule has 1 rings (SSSR count). The van der Waals surface area contributed by atoms with Crippen molar-refractivity contribution in [2.75, 3.05) is 39.6 Å². The summed E-state index contributed by atoms with van der Waals surface area (Å²) in [7, 11) is -0.818. The molecule has 0 aromatic heterocycles. The van der Waals surface area contributed by atoms with Gasteiger partial charge in [0.15, 0.2) is 0 Å². The van der Waals surface area contributed by atoms with Crippen molar-refractivity contribution in [3.63, 3.8) is 0 Å².